The van der Waals surface area contributed by atoms with Crippen molar-refractivity contribution in [3.05, 3.63) is 39.3 Å². The van der Waals surface area contributed by atoms with E-state index < -0.39 is 0 Å². The summed E-state index contributed by atoms with van der Waals surface area (Å²) in [6.07, 6.45) is 0.936. The number of hydrogen-bond acceptors (Lipinski definition) is 6. The molecular weight excluding hydrogens is 362 g/mol. The van der Waals surface area contributed by atoms with Crippen LogP contribution >= 0.6 is 11.3 Å². The van der Waals surface area contributed by atoms with Crippen LogP contribution in [0.1, 0.15) is 26.6 Å². The van der Waals surface area contributed by atoms with E-state index in [0.717, 1.165) is 64.5 Å². The Morgan fingerprint density at radius 1 is 1.30 bits per heavy atom. The smallest absolute Gasteiger partial charge is 0.272 e. The van der Waals surface area contributed by atoms with Crippen molar-refractivity contribution in [2.24, 2.45) is 7.05 Å². The second-order valence-corrected chi connectivity index (χ2v) is 8.18. The lowest BCUT2D eigenvalue weighted by Crippen LogP contribution is -2.41. The van der Waals surface area contributed by atoms with Gasteiger partial charge in [0.1, 0.15) is 0 Å². The largest absolute Gasteiger partial charge is 0.379 e. The molecule has 7 nitrogen and oxygen atoms in total. The number of aryl methyl sites for hydroxylation is 1. The molecule has 146 valence electrons. The topological polar surface area (TPSA) is 62.6 Å². The minimum atomic E-state index is -0.0573. The first-order valence-electron chi connectivity index (χ1n) is 9.58. The molecule has 1 amide bonds. The molecule has 1 saturated heterocycles. The fourth-order valence-corrected chi connectivity index (χ4v) is 4.57. The lowest BCUT2D eigenvalue weighted by Gasteiger charge is -2.27. The second kappa shape index (κ2) is 8.52. The van der Waals surface area contributed by atoms with Gasteiger partial charge in [-0.05, 0) is 11.4 Å². The minimum Gasteiger partial charge on any atom is -0.379 e. The summed E-state index contributed by atoms with van der Waals surface area (Å²) in [6.45, 7) is 7.65. The highest BCUT2D eigenvalue weighted by Gasteiger charge is 2.27. The third-order valence-electron chi connectivity index (χ3n) is 5.31. The lowest BCUT2D eigenvalue weighted by atomic mass is 10.0. The predicted octanol–water partition coefficient (Wildman–Crippen LogP) is 1.10. The Bertz CT molecular complexity index is 767. The Kier molecular flexibility index (Phi) is 5.87. The number of fused-ring (bicyclic) bond motifs is 1. The van der Waals surface area contributed by atoms with Gasteiger partial charge in [-0.15, -0.1) is 11.3 Å². The van der Waals surface area contributed by atoms with E-state index in [-0.39, 0.29) is 5.91 Å². The molecule has 2 aliphatic heterocycles. The van der Waals surface area contributed by atoms with Gasteiger partial charge in [0, 0.05) is 75.4 Å². The van der Waals surface area contributed by atoms with E-state index in [4.69, 9.17) is 4.74 Å². The number of morpholine rings is 1. The number of thiophene rings is 1. The minimum absolute atomic E-state index is 0.0573. The first-order valence-corrected chi connectivity index (χ1v) is 10.5. The van der Waals surface area contributed by atoms with Crippen molar-refractivity contribution < 1.29 is 9.53 Å². The van der Waals surface area contributed by atoms with E-state index in [1.165, 1.54) is 10.6 Å². The van der Waals surface area contributed by atoms with Crippen LogP contribution in [0.5, 0.6) is 0 Å². The summed E-state index contributed by atoms with van der Waals surface area (Å²) in [5, 5.41) is 9.71. The van der Waals surface area contributed by atoms with E-state index >= 15 is 0 Å². The molecular formula is C19H27N5O2S. The predicted molar refractivity (Wildman–Crippen MR) is 105 cm³/mol. The molecule has 8 heteroatoms. The van der Waals surface area contributed by atoms with Gasteiger partial charge in [-0.2, -0.15) is 5.10 Å². The maximum Gasteiger partial charge on any atom is 0.272 e. The van der Waals surface area contributed by atoms with Crippen LogP contribution in [0.4, 0.5) is 0 Å². The molecule has 2 aromatic rings. The number of carbonyl (C=O) groups is 1. The first kappa shape index (κ1) is 18.6. The van der Waals surface area contributed by atoms with Gasteiger partial charge in [-0.1, -0.05) is 6.07 Å². The molecule has 4 rings (SSSR count). The highest BCUT2D eigenvalue weighted by molar-refractivity contribution is 7.09. The second-order valence-electron chi connectivity index (χ2n) is 7.15. The summed E-state index contributed by atoms with van der Waals surface area (Å²) in [4.78, 5) is 18.8. The Balaban J connectivity index is 1.37. The number of rotatable bonds is 6. The van der Waals surface area contributed by atoms with Crippen LogP contribution in [0, 0.1) is 0 Å². The fraction of sp³-hybridized carbons (Fsp3) is 0.579. The van der Waals surface area contributed by atoms with E-state index in [0.29, 0.717) is 12.2 Å². The van der Waals surface area contributed by atoms with Gasteiger partial charge in [0.25, 0.3) is 5.91 Å². The number of carbonyl (C=O) groups excluding carboxylic acids is 1. The van der Waals surface area contributed by atoms with Gasteiger partial charge in [-0.25, -0.2) is 0 Å². The van der Waals surface area contributed by atoms with Gasteiger partial charge < -0.3 is 10.1 Å². The number of ether oxygens (including phenoxy) is 1. The Morgan fingerprint density at radius 2 is 2.15 bits per heavy atom. The van der Waals surface area contributed by atoms with Gasteiger partial charge in [-0.3, -0.25) is 19.3 Å². The van der Waals surface area contributed by atoms with Gasteiger partial charge in [0.15, 0.2) is 5.69 Å². The third kappa shape index (κ3) is 4.40. The zero-order valence-corrected chi connectivity index (χ0v) is 16.6. The number of nitrogens with zero attached hydrogens (tertiary/aromatic N) is 4. The fourth-order valence-electron chi connectivity index (χ4n) is 3.82. The maximum atomic E-state index is 12.7. The van der Waals surface area contributed by atoms with Crippen LogP contribution in [0.25, 0.3) is 0 Å². The molecule has 0 unspecified atom stereocenters. The third-order valence-corrected chi connectivity index (χ3v) is 6.17. The van der Waals surface area contributed by atoms with E-state index in [1.54, 1.807) is 11.3 Å². The summed E-state index contributed by atoms with van der Waals surface area (Å²) in [5.41, 5.74) is 2.87. The van der Waals surface area contributed by atoms with Crippen LogP contribution in [0.15, 0.2) is 17.5 Å². The van der Waals surface area contributed by atoms with Crippen molar-refractivity contribution in [2.75, 3.05) is 45.9 Å². The highest BCUT2D eigenvalue weighted by atomic mass is 32.1. The molecule has 0 bridgehead atoms. The Labute approximate surface area is 163 Å². The normalized spacial score (nSPS) is 18.4. The maximum absolute atomic E-state index is 12.7. The van der Waals surface area contributed by atoms with Crippen molar-refractivity contribution in [2.45, 2.75) is 19.5 Å². The van der Waals surface area contributed by atoms with E-state index in [2.05, 4.69) is 37.7 Å². The summed E-state index contributed by atoms with van der Waals surface area (Å²) in [5.74, 6) is -0.0573. The van der Waals surface area contributed by atoms with Crippen molar-refractivity contribution in [1.82, 2.24) is 24.9 Å². The van der Waals surface area contributed by atoms with Gasteiger partial charge >= 0.3 is 0 Å². The molecule has 2 aliphatic rings. The highest BCUT2D eigenvalue weighted by Crippen LogP contribution is 2.24. The zero-order chi connectivity index (χ0) is 18.6. The average molecular weight is 390 g/mol. The van der Waals surface area contributed by atoms with E-state index in [9.17, 15) is 4.79 Å². The molecule has 0 radical (unpaired) electrons. The van der Waals surface area contributed by atoms with Crippen LogP contribution in [0.3, 0.4) is 0 Å². The molecule has 0 spiro atoms. The Morgan fingerprint density at radius 3 is 2.93 bits per heavy atom. The molecule has 0 saturated carbocycles. The van der Waals surface area contributed by atoms with Crippen molar-refractivity contribution >= 4 is 17.2 Å². The van der Waals surface area contributed by atoms with Crippen molar-refractivity contribution in [3.8, 4) is 0 Å². The lowest BCUT2D eigenvalue weighted by molar-refractivity contribution is 0.0383. The van der Waals surface area contributed by atoms with Crippen LogP contribution < -0.4 is 5.32 Å². The van der Waals surface area contributed by atoms with Crippen LogP contribution in [-0.2, 0) is 31.3 Å². The number of nitrogens with one attached hydrogen (secondary N) is 1. The molecule has 0 aliphatic carbocycles. The molecule has 0 atom stereocenters. The monoisotopic (exact) mass is 389 g/mol. The molecule has 27 heavy (non-hydrogen) atoms. The average Bonchev–Trinajstić information content (AvgIpc) is 3.30. The quantitative estimate of drug-likeness (QED) is 0.802. The van der Waals surface area contributed by atoms with Gasteiger partial charge in [0.05, 0.1) is 13.2 Å². The first-order chi connectivity index (χ1) is 13.2. The zero-order valence-electron chi connectivity index (χ0n) is 15.8. The SMILES string of the molecule is Cn1nc(C(=O)NCCN2CCOCC2)c2c1CCN(Cc1cccs1)C2. The summed E-state index contributed by atoms with van der Waals surface area (Å²) in [7, 11) is 1.94. The molecule has 0 aromatic carbocycles. The number of aromatic nitrogens is 2. The van der Waals surface area contributed by atoms with Crippen molar-refractivity contribution in [1.29, 1.82) is 0 Å². The van der Waals surface area contributed by atoms with Gasteiger partial charge in [0.2, 0.25) is 0 Å². The summed E-state index contributed by atoms with van der Waals surface area (Å²) >= 11 is 1.78. The number of hydrogen-bond donors (Lipinski definition) is 1. The molecule has 2 aromatic heterocycles. The van der Waals surface area contributed by atoms with Crippen molar-refractivity contribution in [3.63, 3.8) is 0 Å². The van der Waals surface area contributed by atoms with Crippen LogP contribution in [0.2, 0.25) is 0 Å². The Hall–Kier alpha value is -1.74. The molecule has 4 heterocycles. The van der Waals surface area contributed by atoms with E-state index in [1.807, 2.05) is 11.7 Å². The molecule has 1 N–H and O–H groups in total. The summed E-state index contributed by atoms with van der Waals surface area (Å²) < 4.78 is 7.25. The number of amides is 1. The standard InChI is InChI=1S/C19H27N5O2S/c1-22-17-4-6-24(13-15-3-2-12-27-15)14-16(17)18(21-22)19(25)20-5-7-23-8-10-26-11-9-23/h2-3,12H,4-11,13-14H2,1H3,(H,20,25). The molecule has 1 fully saturated rings. The summed E-state index contributed by atoms with van der Waals surface area (Å²) in [6, 6.07) is 4.26. The van der Waals surface area contributed by atoms with Crippen LogP contribution in [-0.4, -0.2) is 71.4 Å².